The second-order valence-electron chi connectivity index (χ2n) is 5.99. The molecule has 1 saturated heterocycles. The van der Waals surface area contributed by atoms with Crippen molar-refractivity contribution < 1.29 is 18.7 Å². The van der Waals surface area contributed by atoms with E-state index in [9.17, 15) is 9.59 Å². The molecule has 0 spiro atoms. The molecule has 0 unspecified atom stereocenters. The normalized spacial score (nSPS) is 18.2. The van der Waals surface area contributed by atoms with Gasteiger partial charge in [0.15, 0.2) is 0 Å². The lowest BCUT2D eigenvalue weighted by Crippen LogP contribution is -2.55. The molecular formula is C17H21N3O4S. The summed E-state index contributed by atoms with van der Waals surface area (Å²) in [6, 6.07) is 3.47. The third-order valence-electron chi connectivity index (χ3n) is 4.23. The van der Waals surface area contributed by atoms with E-state index in [0.717, 1.165) is 16.3 Å². The molecule has 2 aromatic heterocycles. The number of methoxy groups -OCH3 is 1. The maximum absolute atomic E-state index is 12.2. The van der Waals surface area contributed by atoms with Gasteiger partial charge in [-0.2, -0.15) is 0 Å². The van der Waals surface area contributed by atoms with E-state index in [1.54, 1.807) is 11.3 Å². The number of oxazole rings is 1. The number of piperazine rings is 1. The zero-order valence-electron chi connectivity index (χ0n) is 14.5. The van der Waals surface area contributed by atoms with E-state index in [0.29, 0.717) is 25.5 Å². The Balaban J connectivity index is 1.79. The topological polar surface area (TPSA) is 84.7 Å². The van der Waals surface area contributed by atoms with Gasteiger partial charge in [0.2, 0.25) is 11.8 Å². The Morgan fingerprint density at radius 2 is 2.28 bits per heavy atom. The molecule has 0 radical (unpaired) electrons. The number of nitrogens with one attached hydrogen (secondary N) is 1. The fourth-order valence-corrected chi connectivity index (χ4v) is 3.63. The van der Waals surface area contributed by atoms with Gasteiger partial charge in [0, 0.05) is 24.5 Å². The maximum Gasteiger partial charge on any atom is 0.307 e. The molecule has 1 aliphatic rings. The predicted molar refractivity (Wildman–Crippen MR) is 93.1 cm³/mol. The van der Waals surface area contributed by atoms with Crippen LogP contribution in [0, 0.1) is 13.8 Å². The van der Waals surface area contributed by atoms with Crippen LogP contribution in [-0.4, -0.2) is 48.0 Å². The van der Waals surface area contributed by atoms with Gasteiger partial charge in [0.05, 0.1) is 24.1 Å². The Bertz CT molecular complexity index is 783. The zero-order chi connectivity index (χ0) is 18.0. The van der Waals surface area contributed by atoms with Crippen LogP contribution in [0.3, 0.4) is 0 Å². The molecule has 0 saturated carbocycles. The van der Waals surface area contributed by atoms with Gasteiger partial charge in [-0.1, -0.05) is 0 Å². The lowest BCUT2D eigenvalue weighted by Gasteiger charge is -2.33. The monoisotopic (exact) mass is 363 g/mol. The van der Waals surface area contributed by atoms with E-state index < -0.39 is 12.0 Å². The van der Waals surface area contributed by atoms with Crippen molar-refractivity contribution in [2.24, 2.45) is 0 Å². The average molecular weight is 363 g/mol. The number of ether oxygens (including phenoxy) is 1. The van der Waals surface area contributed by atoms with E-state index in [1.165, 1.54) is 12.0 Å². The van der Waals surface area contributed by atoms with Gasteiger partial charge in [0.1, 0.15) is 11.8 Å². The van der Waals surface area contributed by atoms with E-state index in [-0.39, 0.29) is 12.3 Å². The first kappa shape index (κ1) is 17.6. The summed E-state index contributed by atoms with van der Waals surface area (Å²) in [5.74, 6) is 0.756. The number of carbonyl (C=O) groups is 2. The van der Waals surface area contributed by atoms with Crippen molar-refractivity contribution >= 4 is 23.2 Å². The minimum Gasteiger partial charge on any atom is -0.469 e. The van der Waals surface area contributed by atoms with Crippen LogP contribution < -0.4 is 5.32 Å². The van der Waals surface area contributed by atoms with Gasteiger partial charge in [-0.05, 0) is 26.0 Å². The quantitative estimate of drug-likeness (QED) is 0.817. The molecule has 25 heavy (non-hydrogen) atoms. The van der Waals surface area contributed by atoms with Gasteiger partial charge in [0.25, 0.3) is 0 Å². The molecule has 2 aromatic rings. The molecule has 0 bridgehead atoms. The summed E-state index contributed by atoms with van der Waals surface area (Å²) in [7, 11) is 1.32. The molecule has 3 rings (SSSR count). The molecule has 1 N–H and O–H groups in total. The van der Waals surface area contributed by atoms with E-state index in [2.05, 4.69) is 10.3 Å². The Morgan fingerprint density at radius 1 is 1.48 bits per heavy atom. The molecule has 1 amide bonds. The van der Waals surface area contributed by atoms with Crippen LogP contribution >= 0.6 is 11.3 Å². The second-order valence-corrected chi connectivity index (χ2v) is 7.28. The Kier molecular flexibility index (Phi) is 5.19. The highest BCUT2D eigenvalue weighted by molar-refractivity contribution is 7.15. The number of amides is 1. The number of carbonyl (C=O) groups excluding carboxylic acids is 2. The van der Waals surface area contributed by atoms with E-state index in [4.69, 9.17) is 9.15 Å². The smallest absolute Gasteiger partial charge is 0.307 e. The minimum atomic E-state index is -0.551. The molecule has 0 aliphatic carbocycles. The third kappa shape index (κ3) is 3.91. The van der Waals surface area contributed by atoms with Crippen LogP contribution in [0.4, 0.5) is 0 Å². The van der Waals surface area contributed by atoms with Crippen molar-refractivity contribution in [3.8, 4) is 10.8 Å². The van der Waals surface area contributed by atoms with Crippen molar-refractivity contribution in [3.05, 3.63) is 28.5 Å². The summed E-state index contributed by atoms with van der Waals surface area (Å²) in [6.45, 7) is 5.55. The SMILES string of the molecule is COC(=O)C[C@H]1C(=O)NCCN1Cc1nc(-c2ccc(C)s2)oc1C. The predicted octanol–water partition coefficient (Wildman–Crippen LogP) is 1.88. The Morgan fingerprint density at radius 3 is 2.96 bits per heavy atom. The Labute approximate surface area is 150 Å². The standard InChI is InChI=1S/C17H21N3O4S/c1-10-4-5-14(25-10)17-19-12(11(2)24-17)9-20-7-6-18-16(22)13(20)8-15(21)23-3/h4-5,13H,6-9H2,1-3H3,(H,18,22)/t13-/m0/s1. The third-order valence-corrected chi connectivity index (χ3v) is 5.21. The van der Waals surface area contributed by atoms with Crippen LogP contribution in [0.2, 0.25) is 0 Å². The fraction of sp³-hybridized carbons (Fsp3) is 0.471. The summed E-state index contributed by atoms with van der Waals surface area (Å²) < 4.78 is 10.5. The molecule has 7 nitrogen and oxygen atoms in total. The number of esters is 1. The summed E-state index contributed by atoms with van der Waals surface area (Å²) >= 11 is 1.63. The minimum absolute atomic E-state index is 0.0240. The summed E-state index contributed by atoms with van der Waals surface area (Å²) in [4.78, 5) is 32.5. The van der Waals surface area contributed by atoms with E-state index >= 15 is 0 Å². The summed E-state index contributed by atoms with van der Waals surface area (Å²) in [5, 5.41) is 2.80. The molecular weight excluding hydrogens is 342 g/mol. The zero-order valence-corrected chi connectivity index (χ0v) is 15.3. The molecule has 134 valence electrons. The highest BCUT2D eigenvalue weighted by atomic mass is 32.1. The maximum atomic E-state index is 12.2. The number of nitrogens with zero attached hydrogens (tertiary/aromatic N) is 2. The van der Waals surface area contributed by atoms with Crippen molar-refractivity contribution in [2.45, 2.75) is 32.9 Å². The molecule has 0 aromatic carbocycles. The first-order chi connectivity index (χ1) is 12.0. The molecule has 1 atom stereocenters. The lowest BCUT2D eigenvalue weighted by atomic mass is 10.1. The van der Waals surface area contributed by atoms with Crippen molar-refractivity contribution in [1.29, 1.82) is 0 Å². The second kappa shape index (κ2) is 7.37. The number of hydrogen-bond acceptors (Lipinski definition) is 7. The van der Waals surface area contributed by atoms with Crippen LogP contribution in [0.25, 0.3) is 10.8 Å². The van der Waals surface area contributed by atoms with Gasteiger partial charge >= 0.3 is 5.97 Å². The van der Waals surface area contributed by atoms with Crippen LogP contribution in [0.1, 0.15) is 22.8 Å². The number of aromatic nitrogens is 1. The number of thiophene rings is 1. The highest BCUT2D eigenvalue weighted by Gasteiger charge is 2.33. The summed E-state index contributed by atoms with van der Waals surface area (Å²) in [5.41, 5.74) is 0.783. The molecule has 1 aliphatic heterocycles. The Hall–Kier alpha value is -2.19. The van der Waals surface area contributed by atoms with Gasteiger partial charge in [-0.25, -0.2) is 4.98 Å². The highest BCUT2D eigenvalue weighted by Crippen LogP contribution is 2.29. The largest absolute Gasteiger partial charge is 0.469 e. The van der Waals surface area contributed by atoms with E-state index in [1.807, 2.05) is 30.9 Å². The van der Waals surface area contributed by atoms with Crippen molar-refractivity contribution in [1.82, 2.24) is 15.2 Å². The number of aryl methyl sites for hydroxylation is 2. The average Bonchev–Trinajstić information content (AvgIpc) is 3.17. The molecule has 1 fully saturated rings. The van der Waals surface area contributed by atoms with Gasteiger partial charge < -0.3 is 14.5 Å². The summed E-state index contributed by atoms with van der Waals surface area (Å²) in [6.07, 6.45) is 0.0240. The van der Waals surface area contributed by atoms with Crippen LogP contribution in [-0.2, 0) is 20.9 Å². The number of hydrogen-bond donors (Lipinski definition) is 1. The van der Waals surface area contributed by atoms with Crippen molar-refractivity contribution in [2.75, 3.05) is 20.2 Å². The fourth-order valence-electron chi connectivity index (χ4n) is 2.84. The van der Waals surface area contributed by atoms with Crippen molar-refractivity contribution in [3.63, 3.8) is 0 Å². The number of rotatable bonds is 5. The molecule has 8 heteroatoms. The van der Waals surface area contributed by atoms with Crippen LogP contribution in [0.5, 0.6) is 0 Å². The first-order valence-electron chi connectivity index (χ1n) is 8.09. The molecule has 3 heterocycles. The van der Waals surface area contributed by atoms with Crippen LogP contribution in [0.15, 0.2) is 16.5 Å². The van der Waals surface area contributed by atoms with Gasteiger partial charge in [-0.15, -0.1) is 11.3 Å². The van der Waals surface area contributed by atoms with Gasteiger partial charge in [-0.3, -0.25) is 14.5 Å². The lowest BCUT2D eigenvalue weighted by molar-refractivity contribution is -0.146. The first-order valence-corrected chi connectivity index (χ1v) is 8.91.